The number of carbonyl (C=O) groups excluding carboxylic acids is 2. The lowest BCUT2D eigenvalue weighted by Gasteiger charge is -2.39. The van der Waals surface area contributed by atoms with Gasteiger partial charge in [-0.3, -0.25) is 19.4 Å². The summed E-state index contributed by atoms with van der Waals surface area (Å²) >= 11 is 0. The van der Waals surface area contributed by atoms with Gasteiger partial charge in [-0.2, -0.15) is 0 Å². The quantitative estimate of drug-likeness (QED) is 0.122. The summed E-state index contributed by atoms with van der Waals surface area (Å²) in [5.41, 5.74) is 4.84. The van der Waals surface area contributed by atoms with Crippen molar-refractivity contribution < 1.29 is 23.8 Å². The van der Waals surface area contributed by atoms with Crippen molar-refractivity contribution in [1.29, 1.82) is 0 Å². The van der Waals surface area contributed by atoms with Crippen LogP contribution >= 0.6 is 0 Å². The number of carbonyl (C=O) groups is 2. The molecular weight excluding hydrogens is 777 g/mol. The Morgan fingerprint density at radius 2 is 1.05 bits per heavy atom. The number of nitrogens with one attached hydrogen (secondary N) is 2. The summed E-state index contributed by atoms with van der Waals surface area (Å²) < 4.78 is 17.0. The third kappa shape index (κ3) is 11.4. The molecule has 4 aliphatic heterocycles. The van der Waals surface area contributed by atoms with Crippen LogP contribution in [0.2, 0.25) is 0 Å². The lowest BCUT2D eigenvalue weighted by atomic mass is 10.0. The van der Waals surface area contributed by atoms with Crippen LogP contribution in [0.3, 0.4) is 0 Å². The summed E-state index contributed by atoms with van der Waals surface area (Å²) in [5, 5.41) is 7.51. The maximum atomic E-state index is 12.0. The molecule has 0 bridgehead atoms. The van der Waals surface area contributed by atoms with E-state index in [1.807, 2.05) is 53.4 Å². The number of nitrogens with zero attached hydrogens (tertiary/aromatic N) is 4. The minimum absolute atomic E-state index is 0.0130. The zero-order valence-electron chi connectivity index (χ0n) is 36.1. The molecule has 11 heteroatoms. The van der Waals surface area contributed by atoms with Crippen molar-refractivity contribution in [3.8, 4) is 11.5 Å². The number of amides is 2. The molecule has 4 aromatic rings. The van der Waals surface area contributed by atoms with Crippen molar-refractivity contribution >= 4 is 23.2 Å². The highest BCUT2D eigenvalue weighted by molar-refractivity contribution is 5.95. The number of ether oxygens (including phenoxy) is 3. The van der Waals surface area contributed by atoms with Gasteiger partial charge in [-0.15, -0.1) is 0 Å². The van der Waals surface area contributed by atoms with Gasteiger partial charge in [-0.1, -0.05) is 60.7 Å². The van der Waals surface area contributed by atoms with Crippen molar-refractivity contribution in [2.75, 3.05) is 102 Å². The summed E-state index contributed by atoms with van der Waals surface area (Å²) in [6.45, 7) is 12.4. The average molecular weight is 841 g/mol. The molecular formula is C51H64N6O5. The Morgan fingerprint density at radius 3 is 1.52 bits per heavy atom. The van der Waals surface area contributed by atoms with E-state index in [1.165, 1.54) is 24.0 Å². The second kappa shape index (κ2) is 20.6. The Hall–Kier alpha value is -4.78. The van der Waals surface area contributed by atoms with Gasteiger partial charge in [0.15, 0.2) is 0 Å². The second-order valence-corrected chi connectivity index (χ2v) is 18.1. The third-order valence-electron chi connectivity index (χ3n) is 13.4. The number of likely N-dealkylation sites (tertiary alicyclic amines) is 2. The third-order valence-corrected chi connectivity index (χ3v) is 13.4. The molecule has 0 radical (unpaired) electrons. The molecule has 2 aliphatic carbocycles. The summed E-state index contributed by atoms with van der Waals surface area (Å²) in [5.74, 6) is 4.92. The number of piperidine rings is 1. The number of hydrogen-bond donors (Lipinski definition) is 2. The zero-order chi connectivity index (χ0) is 42.1. The maximum absolute atomic E-state index is 12.0. The van der Waals surface area contributed by atoms with Gasteiger partial charge in [0, 0.05) is 107 Å². The Balaban J connectivity index is 0.000000158. The summed E-state index contributed by atoms with van der Waals surface area (Å²) in [6.07, 6.45) is 5.31. The van der Waals surface area contributed by atoms with Crippen LogP contribution in [0, 0.1) is 11.8 Å². The minimum Gasteiger partial charge on any atom is -0.492 e. The first kappa shape index (κ1) is 42.5. The molecule has 328 valence electrons. The van der Waals surface area contributed by atoms with Crippen molar-refractivity contribution in [3.05, 3.63) is 120 Å². The fourth-order valence-corrected chi connectivity index (χ4v) is 9.49. The largest absolute Gasteiger partial charge is 0.492 e. The molecule has 0 aromatic heterocycles. The SMILES string of the molecule is O=C1CCCCN1c1ccc(OCCN2CC(CN[C@@H]3C[C@H]3c3ccccc3)C2)cc1.O=C1COCCN1c1ccc(OCCN2CC(CN[C@@H]3C[C@H]3c3ccccc3)C2)cc1. The highest BCUT2D eigenvalue weighted by Crippen LogP contribution is 2.41. The predicted molar refractivity (Wildman–Crippen MR) is 244 cm³/mol. The van der Waals surface area contributed by atoms with E-state index in [9.17, 15) is 9.59 Å². The molecule has 10 rings (SSSR count). The van der Waals surface area contributed by atoms with Gasteiger partial charge in [0.05, 0.1) is 6.61 Å². The predicted octanol–water partition coefficient (Wildman–Crippen LogP) is 6.17. The van der Waals surface area contributed by atoms with Crippen LogP contribution in [0.5, 0.6) is 11.5 Å². The Bertz CT molecular complexity index is 1880. The Labute approximate surface area is 367 Å². The summed E-state index contributed by atoms with van der Waals surface area (Å²) in [4.78, 5) is 32.5. The van der Waals surface area contributed by atoms with Gasteiger partial charge >= 0.3 is 0 Å². The number of morpholine rings is 1. The fraction of sp³-hybridized carbons (Fsp3) is 0.490. The van der Waals surface area contributed by atoms with Crippen LogP contribution in [0.1, 0.15) is 55.1 Å². The normalized spacial score (nSPS) is 24.1. The second-order valence-electron chi connectivity index (χ2n) is 18.1. The molecule has 4 saturated heterocycles. The van der Waals surface area contributed by atoms with Crippen molar-refractivity contribution in [1.82, 2.24) is 20.4 Å². The van der Waals surface area contributed by atoms with Gasteiger partial charge in [0.2, 0.25) is 5.91 Å². The molecule has 62 heavy (non-hydrogen) atoms. The number of hydrogen-bond acceptors (Lipinski definition) is 9. The van der Waals surface area contributed by atoms with E-state index in [1.54, 1.807) is 4.90 Å². The van der Waals surface area contributed by atoms with E-state index in [0.29, 0.717) is 56.7 Å². The number of anilines is 2. The van der Waals surface area contributed by atoms with Gasteiger partial charge in [0.1, 0.15) is 31.3 Å². The molecule has 2 amide bonds. The van der Waals surface area contributed by atoms with Crippen LogP contribution < -0.4 is 29.9 Å². The van der Waals surface area contributed by atoms with Gasteiger partial charge in [-0.25, -0.2) is 0 Å². The molecule has 0 unspecified atom stereocenters. The van der Waals surface area contributed by atoms with E-state index >= 15 is 0 Å². The standard InChI is InChI=1S/C26H33N3O2.C25H31N3O3/c30-26-8-4-5-13-29(26)22-9-11-23(12-10-22)31-15-14-28-18-20(19-28)17-27-25-16-24(25)21-6-2-1-3-7-21;29-25-18-30-12-11-28(25)21-6-8-22(9-7-21)31-13-10-27-16-19(17-27)15-26-24-14-23(24)20-4-2-1-3-5-20/h1-3,6-7,9-12,20,24-25,27H,4-5,8,13-19H2;1-9,19,23-24,26H,10-18H2/t24-,25+;23-,24+/m00/s1. The van der Waals surface area contributed by atoms with Gasteiger partial charge < -0.3 is 34.6 Å². The monoisotopic (exact) mass is 840 g/mol. The topological polar surface area (TPSA) is 98.8 Å². The fourth-order valence-electron chi connectivity index (χ4n) is 9.49. The van der Waals surface area contributed by atoms with Gasteiger partial charge in [-0.05, 0) is 97.2 Å². The van der Waals surface area contributed by atoms with E-state index in [4.69, 9.17) is 14.2 Å². The summed E-state index contributed by atoms with van der Waals surface area (Å²) in [7, 11) is 0. The average Bonchev–Trinajstić information content (AvgIpc) is 4.23. The zero-order valence-corrected chi connectivity index (χ0v) is 36.1. The molecule has 6 fully saturated rings. The molecule has 4 aromatic carbocycles. The highest BCUT2D eigenvalue weighted by atomic mass is 16.5. The first-order valence-corrected chi connectivity index (χ1v) is 23.2. The van der Waals surface area contributed by atoms with E-state index in [-0.39, 0.29) is 18.4 Å². The first-order chi connectivity index (χ1) is 30.5. The van der Waals surface area contributed by atoms with Crippen LogP contribution in [0.15, 0.2) is 109 Å². The van der Waals surface area contributed by atoms with Crippen molar-refractivity contribution in [2.45, 2.75) is 56.0 Å². The molecule has 6 aliphatic rings. The number of rotatable bonds is 18. The molecule has 11 nitrogen and oxygen atoms in total. The smallest absolute Gasteiger partial charge is 0.253 e. The Morgan fingerprint density at radius 1 is 0.565 bits per heavy atom. The van der Waals surface area contributed by atoms with Gasteiger partial charge in [0.25, 0.3) is 5.91 Å². The van der Waals surface area contributed by atoms with Crippen LogP contribution in [0.25, 0.3) is 0 Å². The lowest BCUT2D eigenvalue weighted by Crippen LogP contribution is -2.52. The van der Waals surface area contributed by atoms with Crippen LogP contribution in [0.4, 0.5) is 11.4 Å². The first-order valence-electron chi connectivity index (χ1n) is 23.2. The molecule has 4 atom stereocenters. The molecule has 2 N–H and O–H groups in total. The van der Waals surface area contributed by atoms with Crippen molar-refractivity contribution in [2.24, 2.45) is 11.8 Å². The van der Waals surface area contributed by atoms with Crippen LogP contribution in [-0.4, -0.2) is 126 Å². The highest BCUT2D eigenvalue weighted by Gasteiger charge is 2.40. The summed E-state index contributed by atoms with van der Waals surface area (Å²) in [6, 6.07) is 38.8. The number of benzene rings is 4. The molecule has 4 heterocycles. The molecule has 2 saturated carbocycles. The van der Waals surface area contributed by atoms with Crippen molar-refractivity contribution in [3.63, 3.8) is 0 Å². The van der Waals surface area contributed by atoms with Crippen LogP contribution in [-0.2, 0) is 14.3 Å². The molecule has 0 spiro atoms. The van der Waals surface area contributed by atoms with E-state index in [0.717, 1.165) is 106 Å². The lowest BCUT2D eigenvalue weighted by molar-refractivity contribution is -0.125. The van der Waals surface area contributed by atoms with E-state index < -0.39 is 0 Å². The maximum Gasteiger partial charge on any atom is 0.253 e. The Kier molecular flexibility index (Phi) is 14.1. The minimum atomic E-state index is 0.0130. The van der Waals surface area contributed by atoms with E-state index in [2.05, 4.69) is 81.1 Å².